The fourth-order valence-electron chi connectivity index (χ4n) is 4.88. The van der Waals surface area contributed by atoms with Crippen LogP contribution in [0.2, 0.25) is 0 Å². The first-order chi connectivity index (χ1) is 19.8. The smallest absolute Gasteiger partial charge is 0.407 e. The minimum atomic E-state index is -3.93. The molecule has 2 heterocycles. The molecule has 0 unspecified atom stereocenters. The number of ether oxygens (including phenoxy) is 3. The number of carbonyl (C=O) groups is 1. The van der Waals surface area contributed by atoms with Crippen molar-refractivity contribution in [1.29, 1.82) is 0 Å². The molecule has 0 radical (unpaired) electrons. The third-order valence-corrected chi connectivity index (χ3v) is 9.65. The zero-order valence-corrected chi connectivity index (χ0v) is 26.7. The van der Waals surface area contributed by atoms with E-state index in [1.807, 2.05) is 19.9 Å². The number of methoxy groups -OCH3 is 2. The number of benzene rings is 1. The van der Waals surface area contributed by atoms with Crippen LogP contribution in [0, 0.1) is 0 Å². The van der Waals surface area contributed by atoms with Gasteiger partial charge in [0.15, 0.2) is 0 Å². The molecule has 2 aromatic heterocycles. The van der Waals surface area contributed by atoms with E-state index in [4.69, 9.17) is 19.2 Å². The van der Waals surface area contributed by atoms with Crippen molar-refractivity contribution in [3.63, 3.8) is 0 Å². The molecule has 13 heteroatoms. The minimum absolute atomic E-state index is 0.0682. The van der Waals surface area contributed by atoms with Crippen LogP contribution >= 0.6 is 11.3 Å². The van der Waals surface area contributed by atoms with Crippen molar-refractivity contribution >= 4 is 27.5 Å². The number of amides is 1. The van der Waals surface area contributed by atoms with E-state index in [-0.39, 0.29) is 40.9 Å². The predicted octanol–water partition coefficient (Wildman–Crippen LogP) is 5.52. The topological polar surface area (TPSA) is 142 Å². The van der Waals surface area contributed by atoms with Gasteiger partial charge in [-0.3, -0.25) is 0 Å². The number of carbonyl (C=O) groups excluding carboxylic acids is 1. The largest absolute Gasteiger partial charge is 0.480 e. The standard InChI is InChI=1S/C29H39N5O6S2/c1-17(2)40-28(35)32-20-11-8-18(9-12-20)26-30-16-23(41-26)21-13-10-19(14-24(21)42(36,37)34-29(3,4)5)22-15-31-27(39-7)33-25(22)38-6/h10,13-18,20,34H,8-9,11-12H2,1-7H3,(H,32,35). The van der Waals surface area contributed by atoms with Gasteiger partial charge in [0, 0.05) is 35.5 Å². The number of thiazole rings is 1. The molecule has 1 fully saturated rings. The Labute approximate surface area is 251 Å². The van der Waals surface area contributed by atoms with Crippen LogP contribution < -0.4 is 19.5 Å². The van der Waals surface area contributed by atoms with Crippen LogP contribution in [-0.4, -0.2) is 61.4 Å². The number of nitrogens with zero attached hydrogens (tertiary/aromatic N) is 3. The summed E-state index contributed by atoms with van der Waals surface area (Å²) in [4.78, 5) is 26.0. The van der Waals surface area contributed by atoms with E-state index in [0.29, 0.717) is 16.7 Å². The van der Waals surface area contributed by atoms with Gasteiger partial charge in [-0.25, -0.2) is 27.9 Å². The molecule has 1 amide bonds. The second-order valence-electron chi connectivity index (χ2n) is 11.6. The third kappa shape index (κ3) is 7.75. The second kappa shape index (κ2) is 12.9. The van der Waals surface area contributed by atoms with Crippen molar-refractivity contribution in [2.75, 3.05) is 14.2 Å². The first kappa shape index (κ1) is 31.6. The number of nitrogens with one attached hydrogen (secondary N) is 2. The van der Waals surface area contributed by atoms with Gasteiger partial charge < -0.3 is 19.5 Å². The fraction of sp³-hybridized carbons (Fsp3) is 0.517. The Hall–Kier alpha value is -3.29. The van der Waals surface area contributed by atoms with E-state index < -0.39 is 15.6 Å². The van der Waals surface area contributed by atoms with Crippen LogP contribution in [0.15, 0.2) is 35.5 Å². The number of sulfonamides is 1. The molecule has 0 atom stereocenters. The average molecular weight is 618 g/mol. The fourth-order valence-corrected chi connectivity index (χ4v) is 7.73. The van der Waals surface area contributed by atoms with Crippen LogP contribution in [0.5, 0.6) is 11.9 Å². The predicted molar refractivity (Wildman–Crippen MR) is 162 cm³/mol. The van der Waals surface area contributed by atoms with E-state index in [1.54, 1.807) is 45.3 Å². The Kier molecular flexibility index (Phi) is 9.74. The van der Waals surface area contributed by atoms with E-state index in [9.17, 15) is 13.2 Å². The maximum Gasteiger partial charge on any atom is 0.407 e. The van der Waals surface area contributed by atoms with E-state index in [0.717, 1.165) is 35.6 Å². The van der Waals surface area contributed by atoms with Crippen molar-refractivity contribution in [3.05, 3.63) is 35.6 Å². The Morgan fingerprint density at radius 1 is 1.02 bits per heavy atom. The molecule has 0 spiro atoms. The lowest BCUT2D eigenvalue weighted by Gasteiger charge is -2.28. The molecule has 42 heavy (non-hydrogen) atoms. The number of alkyl carbamates (subject to hydrolysis) is 1. The lowest BCUT2D eigenvalue weighted by molar-refractivity contribution is 0.109. The summed E-state index contributed by atoms with van der Waals surface area (Å²) in [5.41, 5.74) is 0.975. The summed E-state index contributed by atoms with van der Waals surface area (Å²) in [7, 11) is -0.988. The molecule has 1 aromatic carbocycles. The van der Waals surface area contributed by atoms with Gasteiger partial charge in [-0.1, -0.05) is 12.1 Å². The molecule has 4 rings (SSSR count). The molecular formula is C29H39N5O6S2. The second-order valence-corrected chi connectivity index (χ2v) is 14.3. The highest BCUT2D eigenvalue weighted by atomic mass is 32.2. The molecule has 228 valence electrons. The Balaban J connectivity index is 1.64. The summed E-state index contributed by atoms with van der Waals surface area (Å²) < 4.78 is 46.0. The molecular weight excluding hydrogens is 578 g/mol. The number of hydrogen-bond acceptors (Lipinski definition) is 10. The first-order valence-corrected chi connectivity index (χ1v) is 16.2. The van der Waals surface area contributed by atoms with Gasteiger partial charge in [0.2, 0.25) is 15.9 Å². The minimum Gasteiger partial charge on any atom is -0.480 e. The SMILES string of the molecule is COc1ncc(-c2ccc(-c3cnc(C4CCC(NC(=O)OC(C)C)CC4)s3)c(S(=O)(=O)NC(C)(C)C)c2)c(OC)n1. The lowest BCUT2D eigenvalue weighted by atomic mass is 9.86. The average Bonchev–Trinajstić information content (AvgIpc) is 3.41. The maximum atomic E-state index is 13.7. The number of hydrogen-bond donors (Lipinski definition) is 2. The quantitative estimate of drug-likeness (QED) is 0.317. The summed E-state index contributed by atoms with van der Waals surface area (Å²) in [6, 6.07) is 5.44. The van der Waals surface area contributed by atoms with Crippen LogP contribution in [0.4, 0.5) is 4.79 Å². The van der Waals surface area contributed by atoms with Gasteiger partial charge in [0.05, 0.1) is 40.7 Å². The van der Waals surface area contributed by atoms with Gasteiger partial charge in [-0.2, -0.15) is 4.98 Å². The molecule has 1 saturated carbocycles. The van der Waals surface area contributed by atoms with Gasteiger partial charge in [0.1, 0.15) is 0 Å². The third-order valence-electron chi connectivity index (χ3n) is 6.66. The highest BCUT2D eigenvalue weighted by Gasteiger charge is 2.29. The summed E-state index contributed by atoms with van der Waals surface area (Å²) in [5.74, 6) is 0.500. The van der Waals surface area contributed by atoms with Crippen molar-refractivity contribution in [3.8, 4) is 33.5 Å². The maximum absolute atomic E-state index is 13.7. The Morgan fingerprint density at radius 2 is 1.74 bits per heavy atom. The molecule has 11 nitrogen and oxygen atoms in total. The summed E-state index contributed by atoms with van der Waals surface area (Å²) in [6.07, 6.45) is 6.12. The van der Waals surface area contributed by atoms with E-state index >= 15 is 0 Å². The number of rotatable bonds is 9. The van der Waals surface area contributed by atoms with Crippen molar-refractivity contribution < 1.29 is 27.4 Å². The highest BCUT2D eigenvalue weighted by molar-refractivity contribution is 7.89. The molecule has 1 aliphatic rings. The summed E-state index contributed by atoms with van der Waals surface area (Å²) >= 11 is 1.50. The summed E-state index contributed by atoms with van der Waals surface area (Å²) in [6.45, 7) is 9.04. The van der Waals surface area contributed by atoms with Gasteiger partial charge >= 0.3 is 12.1 Å². The summed E-state index contributed by atoms with van der Waals surface area (Å²) in [5, 5.41) is 3.91. The molecule has 0 bridgehead atoms. The lowest BCUT2D eigenvalue weighted by Crippen LogP contribution is -2.40. The normalized spacial score (nSPS) is 17.6. The zero-order valence-electron chi connectivity index (χ0n) is 25.1. The molecule has 1 aliphatic carbocycles. The highest BCUT2D eigenvalue weighted by Crippen LogP contribution is 2.41. The van der Waals surface area contributed by atoms with Crippen LogP contribution in [0.1, 0.15) is 71.2 Å². The van der Waals surface area contributed by atoms with Crippen LogP contribution in [-0.2, 0) is 14.8 Å². The van der Waals surface area contributed by atoms with Gasteiger partial charge in [0.25, 0.3) is 0 Å². The molecule has 0 aliphatic heterocycles. The molecule has 3 aromatic rings. The monoisotopic (exact) mass is 617 g/mol. The van der Waals surface area contributed by atoms with Crippen molar-refractivity contribution in [1.82, 2.24) is 25.0 Å². The Morgan fingerprint density at radius 3 is 2.36 bits per heavy atom. The van der Waals surface area contributed by atoms with Crippen molar-refractivity contribution in [2.24, 2.45) is 0 Å². The van der Waals surface area contributed by atoms with E-state index in [1.165, 1.54) is 25.6 Å². The van der Waals surface area contributed by atoms with Crippen LogP contribution in [0.3, 0.4) is 0 Å². The van der Waals surface area contributed by atoms with Crippen LogP contribution in [0.25, 0.3) is 21.6 Å². The van der Waals surface area contributed by atoms with Gasteiger partial charge in [-0.15, -0.1) is 11.3 Å². The zero-order chi connectivity index (χ0) is 30.7. The number of aromatic nitrogens is 3. The van der Waals surface area contributed by atoms with E-state index in [2.05, 4.69) is 20.0 Å². The van der Waals surface area contributed by atoms with Crippen molar-refractivity contribution in [2.45, 2.75) is 88.8 Å². The van der Waals surface area contributed by atoms with Gasteiger partial charge in [-0.05, 0) is 71.9 Å². The Bertz CT molecular complexity index is 1510. The first-order valence-electron chi connectivity index (χ1n) is 13.9. The molecule has 0 saturated heterocycles. The molecule has 2 N–H and O–H groups in total.